The first-order valence-corrected chi connectivity index (χ1v) is 3.00. The number of nitrogens with zero attached hydrogens (tertiary/aromatic N) is 1. The molecule has 0 radical (unpaired) electrons. The molecule has 0 aromatic rings. The highest BCUT2D eigenvalue weighted by molar-refractivity contribution is 6.07. The summed E-state index contributed by atoms with van der Waals surface area (Å²) in [5, 5.41) is 0. The molecule has 0 aliphatic carbocycles. The fourth-order valence-corrected chi connectivity index (χ4v) is 0.857. The Morgan fingerprint density at radius 3 is 2.55 bits per heavy atom. The third-order valence-corrected chi connectivity index (χ3v) is 1.32. The van der Waals surface area contributed by atoms with Crippen LogP contribution < -0.4 is 0 Å². The van der Waals surface area contributed by atoms with Gasteiger partial charge >= 0.3 is 6.18 Å². The first-order chi connectivity index (χ1) is 5.05. The molecule has 0 saturated heterocycles. The van der Waals surface area contributed by atoms with E-state index in [2.05, 4.69) is 11.6 Å². The van der Waals surface area contributed by atoms with Gasteiger partial charge in [0.1, 0.15) is 5.71 Å². The summed E-state index contributed by atoms with van der Waals surface area (Å²) in [5.41, 5.74) is -0.731. The summed E-state index contributed by atoms with van der Waals surface area (Å²) < 4.78 is 35.9. The summed E-state index contributed by atoms with van der Waals surface area (Å²) in [7, 11) is 0. The van der Waals surface area contributed by atoms with Gasteiger partial charge in [-0.05, 0) is 0 Å². The van der Waals surface area contributed by atoms with Crippen molar-refractivity contribution in [2.75, 3.05) is 6.54 Å². The number of hydrogen-bond donors (Lipinski definition) is 0. The van der Waals surface area contributed by atoms with Gasteiger partial charge in [0.05, 0.1) is 6.54 Å². The van der Waals surface area contributed by atoms with Crippen LogP contribution in [0.15, 0.2) is 29.3 Å². The standard InChI is InChI=1S/C7H6F3N/c1-2-5-3-4-11-6(5)7(8,9)10/h2-3H,1,4H2. The summed E-state index contributed by atoms with van der Waals surface area (Å²) in [5.74, 6) is 0. The molecule has 1 heterocycles. The molecule has 1 aliphatic rings. The van der Waals surface area contributed by atoms with Crippen molar-refractivity contribution in [3.05, 3.63) is 24.3 Å². The zero-order valence-electron chi connectivity index (χ0n) is 5.65. The summed E-state index contributed by atoms with van der Waals surface area (Å²) >= 11 is 0. The van der Waals surface area contributed by atoms with Gasteiger partial charge in [-0.25, -0.2) is 0 Å². The van der Waals surface area contributed by atoms with Crippen LogP contribution in [-0.4, -0.2) is 18.4 Å². The van der Waals surface area contributed by atoms with E-state index in [0.29, 0.717) is 0 Å². The molecule has 0 amide bonds. The molecule has 60 valence electrons. The van der Waals surface area contributed by atoms with Crippen LogP contribution in [0.3, 0.4) is 0 Å². The summed E-state index contributed by atoms with van der Waals surface area (Å²) in [6, 6.07) is 0. The number of hydrogen-bond acceptors (Lipinski definition) is 1. The van der Waals surface area contributed by atoms with Gasteiger partial charge in [0.2, 0.25) is 0 Å². The third kappa shape index (κ3) is 1.50. The van der Waals surface area contributed by atoms with Gasteiger partial charge in [-0.2, -0.15) is 13.2 Å². The van der Waals surface area contributed by atoms with Gasteiger partial charge in [0, 0.05) is 5.57 Å². The van der Waals surface area contributed by atoms with E-state index in [1.807, 2.05) is 0 Å². The second kappa shape index (κ2) is 2.53. The van der Waals surface area contributed by atoms with E-state index < -0.39 is 11.9 Å². The van der Waals surface area contributed by atoms with E-state index in [4.69, 9.17) is 0 Å². The van der Waals surface area contributed by atoms with E-state index in [9.17, 15) is 13.2 Å². The lowest BCUT2D eigenvalue weighted by atomic mass is 10.1. The Hall–Kier alpha value is -1.06. The van der Waals surface area contributed by atoms with E-state index in [1.165, 1.54) is 12.2 Å². The van der Waals surface area contributed by atoms with Crippen molar-refractivity contribution in [3.8, 4) is 0 Å². The predicted octanol–water partition coefficient (Wildman–Crippen LogP) is 2.12. The maximum atomic E-state index is 12.0. The Morgan fingerprint density at radius 2 is 2.18 bits per heavy atom. The van der Waals surface area contributed by atoms with Crippen LogP contribution in [0.1, 0.15) is 0 Å². The van der Waals surface area contributed by atoms with E-state index in [1.54, 1.807) is 0 Å². The molecule has 11 heavy (non-hydrogen) atoms. The molecule has 1 aliphatic heterocycles. The van der Waals surface area contributed by atoms with Gasteiger partial charge in [0.25, 0.3) is 0 Å². The average molecular weight is 161 g/mol. The highest BCUT2D eigenvalue weighted by Gasteiger charge is 2.38. The van der Waals surface area contributed by atoms with Gasteiger partial charge in [-0.3, -0.25) is 4.99 Å². The monoisotopic (exact) mass is 161 g/mol. The number of halogens is 3. The highest BCUT2D eigenvalue weighted by Crippen LogP contribution is 2.25. The maximum Gasteiger partial charge on any atom is 0.433 e. The van der Waals surface area contributed by atoms with Crippen molar-refractivity contribution in [1.82, 2.24) is 0 Å². The fourth-order valence-electron chi connectivity index (χ4n) is 0.857. The van der Waals surface area contributed by atoms with Crippen LogP contribution in [-0.2, 0) is 0 Å². The van der Waals surface area contributed by atoms with Crippen molar-refractivity contribution in [3.63, 3.8) is 0 Å². The Morgan fingerprint density at radius 1 is 1.55 bits per heavy atom. The van der Waals surface area contributed by atoms with E-state index >= 15 is 0 Å². The Kier molecular flexibility index (Phi) is 1.85. The first-order valence-electron chi connectivity index (χ1n) is 3.00. The van der Waals surface area contributed by atoms with Crippen molar-refractivity contribution in [2.45, 2.75) is 6.18 Å². The molecule has 0 unspecified atom stereocenters. The first kappa shape index (κ1) is 8.04. The van der Waals surface area contributed by atoms with Gasteiger partial charge in [-0.15, -0.1) is 0 Å². The van der Waals surface area contributed by atoms with Crippen LogP contribution in [0.4, 0.5) is 13.2 Å². The van der Waals surface area contributed by atoms with Crippen LogP contribution in [0.25, 0.3) is 0 Å². The molecule has 0 fully saturated rings. The predicted molar refractivity (Wildman–Crippen MR) is 36.6 cm³/mol. The molecule has 0 spiro atoms. The van der Waals surface area contributed by atoms with Crippen molar-refractivity contribution in [2.24, 2.45) is 4.99 Å². The van der Waals surface area contributed by atoms with Crippen molar-refractivity contribution >= 4 is 5.71 Å². The molecular weight excluding hydrogens is 155 g/mol. The summed E-state index contributed by atoms with van der Waals surface area (Å²) in [6.07, 6.45) is -1.77. The topological polar surface area (TPSA) is 12.4 Å². The molecule has 0 N–H and O–H groups in total. The lowest BCUT2D eigenvalue weighted by molar-refractivity contribution is -0.0579. The highest BCUT2D eigenvalue weighted by atomic mass is 19.4. The zero-order chi connectivity index (χ0) is 8.48. The molecule has 1 rings (SSSR count). The van der Waals surface area contributed by atoms with E-state index in [0.717, 1.165) is 0 Å². The van der Waals surface area contributed by atoms with Crippen molar-refractivity contribution in [1.29, 1.82) is 0 Å². The molecule has 0 aromatic carbocycles. The Bertz CT molecular complexity index is 235. The van der Waals surface area contributed by atoms with Gasteiger partial charge in [-0.1, -0.05) is 18.7 Å². The van der Waals surface area contributed by atoms with Crippen LogP contribution in [0, 0.1) is 0 Å². The number of rotatable bonds is 1. The SMILES string of the molecule is C=CC1=CCN=C1C(F)(F)F. The molecule has 0 bridgehead atoms. The molecular formula is C7H6F3N. The van der Waals surface area contributed by atoms with Gasteiger partial charge < -0.3 is 0 Å². The van der Waals surface area contributed by atoms with E-state index in [-0.39, 0.29) is 12.1 Å². The largest absolute Gasteiger partial charge is 0.433 e. The quantitative estimate of drug-likeness (QED) is 0.558. The van der Waals surface area contributed by atoms with Gasteiger partial charge in [0.15, 0.2) is 0 Å². The molecule has 4 heteroatoms. The zero-order valence-corrected chi connectivity index (χ0v) is 5.65. The summed E-state index contributed by atoms with van der Waals surface area (Å²) in [4.78, 5) is 3.29. The van der Waals surface area contributed by atoms with Crippen LogP contribution in [0.5, 0.6) is 0 Å². The Labute approximate surface area is 61.9 Å². The normalized spacial score (nSPS) is 17.7. The van der Waals surface area contributed by atoms with Crippen LogP contribution in [0.2, 0.25) is 0 Å². The molecule has 0 atom stereocenters. The minimum Gasteiger partial charge on any atom is -0.276 e. The second-order valence-electron chi connectivity index (χ2n) is 2.05. The lowest BCUT2D eigenvalue weighted by Gasteiger charge is -2.06. The molecule has 0 saturated carbocycles. The maximum absolute atomic E-state index is 12.0. The minimum atomic E-state index is -4.34. The minimum absolute atomic E-state index is 0.0810. The average Bonchev–Trinajstić information content (AvgIpc) is 2.31. The van der Waals surface area contributed by atoms with Crippen molar-refractivity contribution < 1.29 is 13.2 Å². The third-order valence-electron chi connectivity index (χ3n) is 1.32. The summed E-state index contributed by atoms with van der Waals surface area (Å²) in [6.45, 7) is 3.36. The lowest BCUT2D eigenvalue weighted by Crippen LogP contribution is -2.22. The van der Waals surface area contributed by atoms with Crippen LogP contribution >= 0.6 is 0 Å². The smallest absolute Gasteiger partial charge is 0.276 e. The Balaban J connectivity index is 2.91. The number of aliphatic imine (C=N–C) groups is 1. The molecule has 0 aromatic heterocycles. The molecule has 1 nitrogen and oxygen atoms in total. The number of allylic oxidation sites excluding steroid dienone is 2. The fraction of sp³-hybridized carbons (Fsp3) is 0.286. The number of alkyl halides is 3. The second-order valence-corrected chi connectivity index (χ2v) is 2.05.